The van der Waals surface area contributed by atoms with Crippen LogP contribution in [0.3, 0.4) is 0 Å². The van der Waals surface area contributed by atoms with Crippen molar-refractivity contribution < 1.29 is 28.4 Å². The van der Waals surface area contributed by atoms with Crippen molar-refractivity contribution in [3.8, 4) is 0 Å². The number of rotatable bonds is 0. The molecular weight excluding hydrogens is 432 g/mol. The fourth-order valence-corrected chi connectivity index (χ4v) is 5.75. The largest absolute Gasteiger partial charge is 0.377 e. The molecule has 1 aliphatic heterocycles. The van der Waals surface area contributed by atoms with E-state index in [4.69, 9.17) is 28.4 Å². The summed E-state index contributed by atoms with van der Waals surface area (Å²) < 4.78 is 36.8. The molecule has 0 aromatic heterocycles. The molecule has 0 radical (unpaired) electrons. The van der Waals surface area contributed by atoms with Gasteiger partial charge in [0, 0.05) is 0 Å². The van der Waals surface area contributed by atoms with Gasteiger partial charge in [-0.25, -0.2) is 0 Å². The Kier molecular flexibility index (Phi) is 11.1. The van der Waals surface area contributed by atoms with E-state index in [2.05, 4.69) is 41.5 Å². The van der Waals surface area contributed by atoms with Crippen molar-refractivity contribution in [2.45, 2.75) is 104 Å². The molecule has 0 aromatic rings. The lowest BCUT2D eigenvalue weighted by atomic mass is 9.71. The summed E-state index contributed by atoms with van der Waals surface area (Å²) in [6.07, 6.45) is 7.08. The Labute approximate surface area is 208 Å². The Bertz CT molecular complexity index is 520. The molecule has 0 aromatic carbocycles. The van der Waals surface area contributed by atoms with E-state index in [1.54, 1.807) is 0 Å². The van der Waals surface area contributed by atoms with Crippen molar-refractivity contribution in [1.29, 1.82) is 0 Å². The topological polar surface area (TPSA) is 55.4 Å². The monoisotopic (exact) mass is 484 g/mol. The van der Waals surface area contributed by atoms with E-state index in [1.165, 1.54) is 12.8 Å². The third-order valence-corrected chi connectivity index (χ3v) is 8.15. The van der Waals surface area contributed by atoms with E-state index in [9.17, 15) is 0 Å². The second-order valence-corrected chi connectivity index (χ2v) is 12.6. The zero-order chi connectivity index (χ0) is 24.6. The van der Waals surface area contributed by atoms with Gasteiger partial charge in [0.05, 0.1) is 77.3 Å². The molecule has 1 saturated heterocycles. The van der Waals surface area contributed by atoms with Crippen LogP contribution in [0.25, 0.3) is 0 Å². The number of fused-ring (bicyclic) bond motifs is 2. The maximum absolute atomic E-state index is 6.30. The van der Waals surface area contributed by atoms with Crippen molar-refractivity contribution in [2.75, 3.05) is 52.9 Å². The third kappa shape index (κ3) is 9.01. The fourth-order valence-electron chi connectivity index (χ4n) is 5.75. The molecule has 6 atom stereocenters. The van der Waals surface area contributed by atoms with Gasteiger partial charge in [0.1, 0.15) is 0 Å². The molecule has 200 valence electrons. The molecule has 3 aliphatic rings. The van der Waals surface area contributed by atoms with E-state index in [1.807, 2.05) is 0 Å². The van der Waals surface area contributed by atoms with Crippen LogP contribution in [-0.4, -0.2) is 77.3 Å². The number of ether oxygens (including phenoxy) is 6. The zero-order valence-electron chi connectivity index (χ0n) is 22.8. The van der Waals surface area contributed by atoms with Crippen molar-refractivity contribution in [1.82, 2.24) is 0 Å². The first-order chi connectivity index (χ1) is 16.1. The van der Waals surface area contributed by atoms with Crippen molar-refractivity contribution in [2.24, 2.45) is 22.7 Å². The van der Waals surface area contributed by atoms with Gasteiger partial charge in [-0.15, -0.1) is 0 Å². The van der Waals surface area contributed by atoms with E-state index in [0.29, 0.717) is 75.5 Å². The molecule has 3 fully saturated rings. The molecule has 0 N–H and O–H groups in total. The molecule has 6 nitrogen and oxygen atoms in total. The Morgan fingerprint density at radius 1 is 0.412 bits per heavy atom. The molecule has 2 saturated carbocycles. The molecule has 3 rings (SSSR count). The molecule has 2 aliphatic carbocycles. The quantitative estimate of drug-likeness (QED) is 0.467. The average Bonchev–Trinajstić information content (AvgIpc) is 2.77. The van der Waals surface area contributed by atoms with Crippen molar-refractivity contribution in [3.05, 3.63) is 0 Å². The minimum atomic E-state index is 0.123. The van der Waals surface area contributed by atoms with Gasteiger partial charge < -0.3 is 28.4 Å². The maximum Gasteiger partial charge on any atom is 0.0840 e. The molecule has 0 spiro atoms. The van der Waals surface area contributed by atoms with Crippen LogP contribution >= 0.6 is 0 Å². The van der Waals surface area contributed by atoms with Gasteiger partial charge in [0.2, 0.25) is 0 Å². The SMILES string of the molecule is CC(C)(C)[C@@H]1CC[C@@H]2OCCOCCO[C@@H]3CC[C@H](C(C)(C)C)C[C@@H]3OCCOCCO[C@@H]2C1. The molecule has 0 unspecified atom stereocenters. The lowest BCUT2D eigenvalue weighted by molar-refractivity contribution is -0.142. The van der Waals surface area contributed by atoms with Crippen LogP contribution in [-0.2, 0) is 28.4 Å². The minimum absolute atomic E-state index is 0.123. The second-order valence-electron chi connectivity index (χ2n) is 12.6. The standard InChI is InChI=1S/C28H52O6/c1-27(2,3)21-7-9-23-25(19-21)33-17-13-30-14-18-34-26-20-22(28(4,5)6)8-10-24(26)32-16-12-29-11-15-31-23/h21-26H,7-20H2,1-6H3/t21-,22+,23+,24-,25-,26+. The molecule has 0 amide bonds. The molecule has 1 heterocycles. The minimum Gasteiger partial charge on any atom is -0.377 e. The maximum atomic E-state index is 6.30. The van der Waals surface area contributed by atoms with Crippen molar-refractivity contribution in [3.63, 3.8) is 0 Å². The van der Waals surface area contributed by atoms with Crippen LogP contribution in [0, 0.1) is 22.7 Å². The molecule has 6 heteroatoms. The summed E-state index contributed by atoms with van der Waals surface area (Å²) in [6, 6.07) is 0. The van der Waals surface area contributed by atoms with Gasteiger partial charge in [-0.2, -0.15) is 0 Å². The van der Waals surface area contributed by atoms with Crippen LogP contribution in [0.15, 0.2) is 0 Å². The first kappa shape index (κ1) is 28.3. The van der Waals surface area contributed by atoms with Crippen LogP contribution in [0.2, 0.25) is 0 Å². The summed E-state index contributed by atoms with van der Waals surface area (Å²) in [5, 5.41) is 0. The highest BCUT2D eigenvalue weighted by Crippen LogP contribution is 2.41. The molecule has 0 bridgehead atoms. The summed E-state index contributed by atoms with van der Waals surface area (Å²) >= 11 is 0. The normalized spacial score (nSPS) is 36.5. The van der Waals surface area contributed by atoms with E-state index in [0.717, 1.165) is 25.7 Å². The second kappa shape index (κ2) is 13.3. The summed E-state index contributed by atoms with van der Waals surface area (Å²) in [4.78, 5) is 0. The van der Waals surface area contributed by atoms with Crippen molar-refractivity contribution >= 4 is 0 Å². The van der Waals surface area contributed by atoms with Gasteiger partial charge in [-0.3, -0.25) is 0 Å². The highest BCUT2D eigenvalue weighted by Gasteiger charge is 2.38. The highest BCUT2D eigenvalue weighted by atomic mass is 16.6. The average molecular weight is 485 g/mol. The Morgan fingerprint density at radius 3 is 1.06 bits per heavy atom. The lowest BCUT2D eigenvalue weighted by Crippen LogP contribution is -2.43. The van der Waals surface area contributed by atoms with E-state index >= 15 is 0 Å². The van der Waals surface area contributed by atoms with Gasteiger partial charge in [0.15, 0.2) is 0 Å². The first-order valence-corrected chi connectivity index (χ1v) is 13.8. The summed E-state index contributed by atoms with van der Waals surface area (Å²) in [7, 11) is 0. The fraction of sp³-hybridized carbons (Fsp3) is 1.00. The zero-order valence-corrected chi connectivity index (χ0v) is 22.8. The smallest absolute Gasteiger partial charge is 0.0840 e. The van der Waals surface area contributed by atoms with Gasteiger partial charge in [0.25, 0.3) is 0 Å². The molecule has 34 heavy (non-hydrogen) atoms. The van der Waals surface area contributed by atoms with Gasteiger partial charge >= 0.3 is 0 Å². The first-order valence-electron chi connectivity index (χ1n) is 13.8. The van der Waals surface area contributed by atoms with Crippen LogP contribution in [0.1, 0.15) is 80.1 Å². The van der Waals surface area contributed by atoms with Crippen LogP contribution in [0.5, 0.6) is 0 Å². The summed E-state index contributed by atoms with van der Waals surface area (Å²) in [5.41, 5.74) is 0.584. The summed E-state index contributed by atoms with van der Waals surface area (Å²) in [6.45, 7) is 18.8. The predicted octanol–water partition coefficient (Wildman–Crippen LogP) is 5.27. The predicted molar refractivity (Wildman–Crippen MR) is 134 cm³/mol. The third-order valence-electron chi connectivity index (χ3n) is 8.15. The van der Waals surface area contributed by atoms with E-state index in [-0.39, 0.29) is 24.4 Å². The number of hydrogen-bond donors (Lipinski definition) is 0. The van der Waals surface area contributed by atoms with Gasteiger partial charge in [-0.1, -0.05) is 41.5 Å². The van der Waals surface area contributed by atoms with Gasteiger partial charge in [-0.05, 0) is 61.2 Å². The number of hydrogen-bond acceptors (Lipinski definition) is 6. The highest BCUT2D eigenvalue weighted by molar-refractivity contribution is 4.88. The molecular formula is C28H52O6. The summed E-state index contributed by atoms with van der Waals surface area (Å²) in [5.74, 6) is 1.30. The Hall–Kier alpha value is -0.240. The lowest BCUT2D eigenvalue weighted by Gasteiger charge is -2.41. The van der Waals surface area contributed by atoms with Crippen LogP contribution < -0.4 is 0 Å². The Morgan fingerprint density at radius 2 is 0.735 bits per heavy atom. The van der Waals surface area contributed by atoms with E-state index < -0.39 is 0 Å². The Balaban J connectivity index is 1.52. The van der Waals surface area contributed by atoms with Crippen LogP contribution in [0.4, 0.5) is 0 Å².